The predicted octanol–water partition coefficient (Wildman–Crippen LogP) is 0.739. The number of ether oxygens (including phenoxy) is 1. The van der Waals surface area contributed by atoms with Gasteiger partial charge in [-0.1, -0.05) is 18.6 Å². The van der Waals surface area contributed by atoms with Crippen molar-refractivity contribution >= 4 is 11.8 Å². The van der Waals surface area contributed by atoms with Gasteiger partial charge in [-0.15, -0.1) is 0 Å². The molecule has 11 nitrogen and oxygen atoms in total. The first kappa shape index (κ1) is 36.5. The lowest BCUT2D eigenvalue weighted by atomic mass is 9.88. The smallest absolute Gasteiger partial charge is 0.228 e. The highest BCUT2D eigenvalue weighted by Gasteiger charge is 2.44. The van der Waals surface area contributed by atoms with E-state index in [4.69, 9.17) is 16.2 Å². The molecule has 0 aromatic heterocycles. The maximum absolute atomic E-state index is 15.7. The number of hydrogen-bond acceptors (Lipinski definition) is 9. The topological polar surface area (TPSA) is 141 Å². The van der Waals surface area contributed by atoms with Crippen LogP contribution in [0.2, 0.25) is 0 Å². The number of hydrogen-bond donors (Lipinski definition) is 5. The average Bonchev–Trinajstić information content (AvgIpc) is 3.06. The molecule has 2 amide bonds. The molecule has 4 saturated heterocycles. The number of amides is 2. The predicted molar refractivity (Wildman–Crippen MR) is 179 cm³/mol. The Balaban J connectivity index is 1.19. The number of allylic oxidation sites excluding steroid dienone is 1. The second-order valence-electron chi connectivity index (χ2n) is 15.3. The van der Waals surface area contributed by atoms with E-state index in [1.54, 1.807) is 0 Å². The average molecular weight is 667 g/mol. The highest BCUT2D eigenvalue weighted by atomic mass is 19.1. The molecule has 7 atom stereocenters. The molecule has 7 N–H and O–H groups in total. The Labute approximate surface area is 279 Å². The molecule has 0 aliphatic carbocycles. The van der Waals surface area contributed by atoms with E-state index in [1.807, 2.05) is 17.9 Å². The summed E-state index contributed by atoms with van der Waals surface area (Å²) in [5, 5.41) is 9.47. The molecule has 13 heteroatoms. The monoisotopic (exact) mass is 666 g/mol. The number of halogens is 2. The van der Waals surface area contributed by atoms with Gasteiger partial charge in [0.2, 0.25) is 11.8 Å². The maximum Gasteiger partial charge on any atom is 0.228 e. The normalized spacial score (nSPS) is 35.7. The summed E-state index contributed by atoms with van der Waals surface area (Å²) in [6.07, 6.45) is 3.17. The second-order valence-corrected chi connectivity index (χ2v) is 15.3. The van der Waals surface area contributed by atoms with E-state index in [1.165, 1.54) is 0 Å². The summed E-state index contributed by atoms with van der Waals surface area (Å²) >= 11 is 0. The number of alkyl halides is 2. The minimum Gasteiger partial charge on any atom is -0.377 e. The van der Waals surface area contributed by atoms with Crippen molar-refractivity contribution in [1.82, 2.24) is 30.7 Å². The van der Waals surface area contributed by atoms with Gasteiger partial charge < -0.3 is 37.1 Å². The van der Waals surface area contributed by atoms with Gasteiger partial charge in [0.25, 0.3) is 0 Å². The molecule has 0 saturated carbocycles. The van der Waals surface area contributed by atoms with Crippen LogP contribution in [0.4, 0.5) is 8.78 Å². The fourth-order valence-corrected chi connectivity index (χ4v) is 8.22. The lowest BCUT2D eigenvalue weighted by molar-refractivity contribution is -0.153. The zero-order valence-electron chi connectivity index (χ0n) is 28.8. The fraction of sp³-hybridized carbons (Fsp3) is 0.882. The Morgan fingerprint density at radius 3 is 2.34 bits per heavy atom. The highest BCUT2D eigenvalue weighted by Crippen LogP contribution is 2.29. The molecule has 5 aliphatic heterocycles. The van der Waals surface area contributed by atoms with Crippen LogP contribution in [0.15, 0.2) is 11.6 Å². The van der Waals surface area contributed by atoms with Gasteiger partial charge in [0.15, 0.2) is 0 Å². The molecule has 5 heterocycles. The summed E-state index contributed by atoms with van der Waals surface area (Å²) in [6, 6.07) is -1.59. The molecular weight excluding hydrogens is 606 g/mol. The van der Waals surface area contributed by atoms with Gasteiger partial charge in [-0.25, -0.2) is 8.78 Å². The Morgan fingerprint density at radius 2 is 1.70 bits per heavy atom. The number of carbonyl (C=O) groups excluding carboxylic acids is 2. The van der Waals surface area contributed by atoms with E-state index in [2.05, 4.69) is 39.6 Å². The van der Waals surface area contributed by atoms with E-state index < -0.39 is 42.6 Å². The summed E-state index contributed by atoms with van der Waals surface area (Å²) in [5.74, 6) is -0.679. The summed E-state index contributed by atoms with van der Waals surface area (Å²) in [7, 11) is 0. The summed E-state index contributed by atoms with van der Waals surface area (Å²) in [5.41, 5.74) is 13.6. The third-order valence-corrected chi connectivity index (χ3v) is 11.4. The second kappa shape index (κ2) is 16.3. The molecule has 5 aliphatic rings. The van der Waals surface area contributed by atoms with Crippen LogP contribution in [0.1, 0.15) is 59.3 Å². The van der Waals surface area contributed by atoms with Crippen molar-refractivity contribution < 1.29 is 23.1 Å². The van der Waals surface area contributed by atoms with Crippen LogP contribution in [0.3, 0.4) is 0 Å². The minimum atomic E-state index is -1.19. The molecule has 0 bridgehead atoms. The Kier molecular flexibility index (Phi) is 12.7. The molecule has 0 radical (unpaired) electrons. The quantitative estimate of drug-likeness (QED) is 0.197. The van der Waals surface area contributed by atoms with Crippen molar-refractivity contribution in [1.29, 1.82) is 0 Å². The lowest BCUT2D eigenvalue weighted by Crippen LogP contribution is -2.68. The maximum atomic E-state index is 15.7. The van der Waals surface area contributed by atoms with E-state index in [0.717, 1.165) is 64.2 Å². The highest BCUT2D eigenvalue weighted by molar-refractivity contribution is 5.81. The van der Waals surface area contributed by atoms with Crippen LogP contribution in [0, 0.1) is 17.8 Å². The molecule has 47 heavy (non-hydrogen) atoms. The van der Waals surface area contributed by atoms with Crippen LogP contribution in [0.5, 0.6) is 0 Å². The van der Waals surface area contributed by atoms with Gasteiger partial charge in [-0.3, -0.25) is 19.4 Å². The first-order valence-corrected chi connectivity index (χ1v) is 18.0. The van der Waals surface area contributed by atoms with Gasteiger partial charge in [0, 0.05) is 57.8 Å². The van der Waals surface area contributed by atoms with Crippen molar-refractivity contribution in [2.75, 3.05) is 72.1 Å². The zero-order valence-corrected chi connectivity index (χ0v) is 28.8. The van der Waals surface area contributed by atoms with Gasteiger partial charge >= 0.3 is 0 Å². The van der Waals surface area contributed by atoms with E-state index >= 15 is 4.39 Å². The Morgan fingerprint density at radius 1 is 1.00 bits per heavy atom. The van der Waals surface area contributed by atoms with Crippen molar-refractivity contribution in [2.24, 2.45) is 29.2 Å². The van der Waals surface area contributed by atoms with Gasteiger partial charge in [-0.2, -0.15) is 0 Å². The largest absolute Gasteiger partial charge is 0.377 e. The van der Waals surface area contributed by atoms with E-state index in [-0.39, 0.29) is 36.4 Å². The van der Waals surface area contributed by atoms with Crippen LogP contribution < -0.4 is 27.4 Å². The minimum absolute atomic E-state index is 0.0759. The zero-order chi connectivity index (χ0) is 33.7. The first-order valence-electron chi connectivity index (χ1n) is 18.0. The van der Waals surface area contributed by atoms with Gasteiger partial charge in [-0.05, 0) is 71.4 Å². The van der Waals surface area contributed by atoms with Crippen LogP contribution >= 0.6 is 0 Å². The molecule has 0 aromatic carbocycles. The molecule has 7 unspecified atom stereocenters. The number of piperidine rings is 2. The fourth-order valence-electron chi connectivity index (χ4n) is 8.22. The number of likely N-dealkylation sites (tertiary alicyclic amines) is 1. The standard InChI is InChI=1S/C34H60F2N8O3/c1-22-4-5-23(2)16-27(40-17-25(35)7-6-22)29(31(37)38)32(45)41-28-19-39-18-26(36)30(28)42-10-8-24(9-11-42)33(46)43-12-14-44(15-13-43)34(3)20-47-21-34/h16,22,24-31,39-40H,4-15,17-21,37-38H2,1-3H3,(H,41,45)/b23-16-. The molecule has 4 fully saturated rings. The summed E-state index contributed by atoms with van der Waals surface area (Å²) in [6.45, 7) is 13.0. The number of rotatable bonds is 7. The van der Waals surface area contributed by atoms with Crippen molar-refractivity contribution in [2.45, 2.75) is 101 Å². The Bertz CT molecular complexity index is 1080. The van der Waals surface area contributed by atoms with Crippen LogP contribution in [-0.2, 0) is 14.3 Å². The number of nitrogens with zero attached hydrogens (tertiary/aromatic N) is 3. The van der Waals surface area contributed by atoms with E-state index in [0.29, 0.717) is 44.8 Å². The van der Waals surface area contributed by atoms with Crippen molar-refractivity contribution in [3.8, 4) is 0 Å². The van der Waals surface area contributed by atoms with Gasteiger partial charge in [0.1, 0.15) is 12.3 Å². The third kappa shape index (κ3) is 9.09. The lowest BCUT2D eigenvalue weighted by Gasteiger charge is -2.50. The van der Waals surface area contributed by atoms with Crippen molar-refractivity contribution in [3.05, 3.63) is 11.6 Å². The Hall–Kier alpha value is -1.74. The molecule has 268 valence electrons. The van der Waals surface area contributed by atoms with Crippen molar-refractivity contribution in [3.63, 3.8) is 0 Å². The number of piperazine rings is 1. The molecule has 0 spiro atoms. The summed E-state index contributed by atoms with van der Waals surface area (Å²) < 4.78 is 35.9. The van der Waals surface area contributed by atoms with E-state index in [9.17, 15) is 14.0 Å². The van der Waals surface area contributed by atoms with Crippen LogP contribution in [-0.4, -0.2) is 141 Å². The number of carbonyl (C=O) groups is 2. The number of nitrogens with two attached hydrogens (primary N) is 2. The molecular formula is C34H60F2N8O3. The third-order valence-electron chi connectivity index (χ3n) is 11.4. The van der Waals surface area contributed by atoms with Crippen LogP contribution in [0.25, 0.3) is 0 Å². The molecule has 5 rings (SSSR count). The first-order chi connectivity index (χ1) is 22.4. The molecule has 0 aromatic rings. The van der Waals surface area contributed by atoms with Gasteiger partial charge in [0.05, 0.1) is 42.9 Å². The SMILES string of the molecule is C/C1=C/C(C(C(=O)NC2CNCC(F)C2N2CCC(C(=O)N3CCN(C4(C)COC4)CC3)CC2)C(N)N)NCC(F)CCC(C)CC1. The number of nitrogens with one attached hydrogen (secondary N) is 3. The summed E-state index contributed by atoms with van der Waals surface area (Å²) in [4.78, 5) is 33.9.